The van der Waals surface area contributed by atoms with E-state index < -0.39 is 11.6 Å². The highest BCUT2D eigenvalue weighted by Crippen LogP contribution is 2.37. The molecule has 0 saturated heterocycles. The number of imidazole rings is 1. The first-order valence-electron chi connectivity index (χ1n) is 7.36. The molecule has 0 fully saturated rings. The van der Waals surface area contributed by atoms with E-state index >= 15 is 0 Å². The second-order valence-corrected chi connectivity index (χ2v) is 6.43. The van der Waals surface area contributed by atoms with Crippen LogP contribution in [0.15, 0.2) is 18.3 Å². The summed E-state index contributed by atoms with van der Waals surface area (Å²) in [5.74, 6) is -0.338. The van der Waals surface area contributed by atoms with E-state index in [4.69, 9.17) is 5.73 Å². The molecule has 2 N–H and O–H groups in total. The predicted molar refractivity (Wildman–Crippen MR) is 82.7 cm³/mol. The highest BCUT2D eigenvalue weighted by Gasteiger charge is 2.33. The lowest BCUT2D eigenvalue weighted by molar-refractivity contribution is 0.386. The fourth-order valence-corrected chi connectivity index (χ4v) is 3.28. The van der Waals surface area contributed by atoms with Crippen LogP contribution in [0.3, 0.4) is 0 Å². The fourth-order valence-electron chi connectivity index (χ4n) is 3.28. The van der Waals surface area contributed by atoms with Gasteiger partial charge >= 0.3 is 0 Å². The number of aromatic nitrogens is 4. The first kappa shape index (κ1) is 14.0. The van der Waals surface area contributed by atoms with Gasteiger partial charge in [-0.2, -0.15) is 0 Å². The Morgan fingerprint density at radius 2 is 1.96 bits per heavy atom. The molecule has 0 unspecified atom stereocenters. The maximum Gasteiger partial charge on any atom is 0.220 e. The molecule has 0 amide bonds. The number of aryl methyl sites for hydroxylation is 1. The molecule has 23 heavy (non-hydrogen) atoms. The van der Waals surface area contributed by atoms with E-state index in [0.29, 0.717) is 16.6 Å². The summed E-state index contributed by atoms with van der Waals surface area (Å²) in [4.78, 5) is 11.9. The Morgan fingerprint density at radius 3 is 2.74 bits per heavy atom. The molecule has 3 heterocycles. The van der Waals surface area contributed by atoms with Crippen LogP contribution in [0.2, 0.25) is 0 Å². The van der Waals surface area contributed by atoms with E-state index in [9.17, 15) is 8.78 Å². The maximum absolute atomic E-state index is 14.5. The fraction of sp³-hybridized carbons (Fsp3) is 0.312. The van der Waals surface area contributed by atoms with Crippen LogP contribution in [-0.2, 0) is 12.0 Å². The summed E-state index contributed by atoms with van der Waals surface area (Å²) in [6, 6.07) is 2.95. The number of nitrogens with zero attached hydrogens (tertiary/aromatic N) is 4. The number of halogens is 2. The van der Waals surface area contributed by atoms with Crippen LogP contribution in [0, 0.1) is 11.6 Å². The van der Waals surface area contributed by atoms with E-state index in [1.54, 1.807) is 6.07 Å². The van der Waals surface area contributed by atoms with Crippen molar-refractivity contribution < 1.29 is 8.78 Å². The lowest BCUT2D eigenvalue weighted by atomic mass is 10.0. The third kappa shape index (κ3) is 1.99. The number of nitrogens with two attached hydrogens (primary N) is 1. The normalized spacial score (nSPS) is 16.0. The minimum absolute atomic E-state index is 0.00958. The summed E-state index contributed by atoms with van der Waals surface area (Å²) in [7, 11) is 0. The zero-order valence-corrected chi connectivity index (χ0v) is 12.8. The van der Waals surface area contributed by atoms with Crippen molar-refractivity contribution in [3.05, 3.63) is 35.8 Å². The summed E-state index contributed by atoms with van der Waals surface area (Å²) >= 11 is 0. The molecule has 3 aromatic rings. The van der Waals surface area contributed by atoms with Crippen LogP contribution in [0.4, 0.5) is 14.7 Å². The van der Waals surface area contributed by atoms with Crippen LogP contribution in [-0.4, -0.2) is 19.5 Å². The van der Waals surface area contributed by atoms with Gasteiger partial charge < -0.3 is 10.3 Å². The molecule has 0 atom stereocenters. The SMILES string of the molecule is CC1(C)CCc2nc3c(F)cc(-c4nc(N)ncc4F)cc3n21. The van der Waals surface area contributed by atoms with Gasteiger partial charge in [0, 0.05) is 17.5 Å². The molecule has 0 saturated carbocycles. The van der Waals surface area contributed by atoms with Crippen LogP contribution in [0.1, 0.15) is 26.1 Å². The molecular weight excluding hydrogens is 300 g/mol. The van der Waals surface area contributed by atoms with Crippen molar-refractivity contribution in [2.24, 2.45) is 0 Å². The average molecular weight is 315 g/mol. The largest absolute Gasteiger partial charge is 0.368 e. The zero-order chi connectivity index (χ0) is 16.4. The number of fused-ring (bicyclic) bond motifs is 3. The Morgan fingerprint density at radius 1 is 1.17 bits per heavy atom. The van der Waals surface area contributed by atoms with Gasteiger partial charge in [-0.25, -0.2) is 23.7 Å². The second kappa shape index (κ2) is 4.47. The Bertz CT molecular complexity index is 945. The van der Waals surface area contributed by atoms with Crippen molar-refractivity contribution in [2.75, 3.05) is 5.73 Å². The molecule has 0 radical (unpaired) electrons. The van der Waals surface area contributed by atoms with Crippen molar-refractivity contribution in [1.82, 2.24) is 19.5 Å². The Labute approximate surface area is 131 Å². The van der Waals surface area contributed by atoms with Gasteiger partial charge in [-0.15, -0.1) is 0 Å². The molecule has 0 spiro atoms. The number of hydrogen-bond acceptors (Lipinski definition) is 4. The molecule has 118 valence electrons. The average Bonchev–Trinajstić information content (AvgIpc) is 3.00. The van der Waals surface area contributed by atoms with Gasteiger partial charge in [0.1, 0.15) is 17.0 Å². The lowest BCUT2D eigenvalue weighted by Gasteiger charge is -2.22. The predicted octanol–water partition coefficient (Wildman–Crippen LogP) is 3.04. The molecule has 0 bridgehead atoms. The summed E-state index contributed by atoms with van der Waals surface area (Å²) in [6.07, 6.45) is 2.72. The molecule has 1 aromatic carbocycles. The lowest BCUT2D eigenvalue weighted by Crippen LogP contribution is -2.21. The maximum atomic E-state index is 14.5. The van der Waals surface area contributed by atoms with Gasteiger partial charge in [0.15, 0.2) is 11.6 Å². The molecule has 2 aromatic heterocycles. The topological polar surface area (TPSA) is 69.6 Å². The van der Waals surface area contributed by atoms with E-state index in [1.165, 1.54) is 6.07 Å². The quantitative estimate of drug-likeness (QED) is 0.749. The van der Waals surface area contributed by atoms with Crippen LogP contribution in [0.5, 0.6) is 0 Å². The van der Waals surface area contributed by atoms with Crippen molar-refractivity contribution in [3.8, 4) is 11.3 Å². The standard InChI is InChI=1S/C16H15F2N5/c1-16(2)4-3-12-21-14-9(17)5-8(6-11(14)23(12)16)13-10(18)7-20-15(19)22-13/h5-7H,3-4H2,1-2H3,(H2,19,20,22). The number of rotatable bonds is 1. The van der Waals surface area contributed by atoms with Crippen LogP contribution >= 0.6 is 0 Å². The molecule has 5 nitrogen and oxygen atoms in total. The van der Waals surface area contributed by atoms with Gasteiger partial charge in [-0.3, -0.25) is 0 Å². The molecule has 4 rings (SSSR count). The summed E-state index contributed by atoms with van der Waals surface area (Å²) < 4.78 is 30.5. The first-order chi connectivity index (χ1) is 10.9. The minimum atomic E-state index is -0.640. The van der Waals surface area contributed by atoms with Gasteiger partial charge in [-0.1, -0.05) is 0 Å². The van der Waals surface area contributed by atoms with Crippen molar-refractivity contribution >= 4 is 17.0 Å². The number of benzene rings is 1. The third-order valence-electron chi connectivity index (χ3n) is 4.39. The Balaban J connectivity index is 2.02. The Hall–Kier alpha value is -2.57. The van der Waals surface area contributed by atoms with Gasteiger partial charge in [0.25, 0.3) is 0 Å². The number of hydrogen-bond donors (Lipinski definition) is 1. The van der Waals surface area contributed by atoms with E-state index in [0.717, 1.165) is 24.9 Å². The number of nitrogen functional groups attached to an aromatic ring is 1. The third-order valence-corrected chi connectivity index (χ3v) is 4.39. The van der Waals surface area contributed by atoms with E-state index in [1.807, 2.05) is 4.57 Å². The highest BCUT2D eigenvalue weighted by molar-refractivity contribution is 5.83. The van der Waals surface area contributed by atoms with E-state index in [2.05, 4.69) is 28.8 Å². The van der Waals surface area contributed by atoms with Crippen molar-refractivity contribution in [3.63, 3.8) is 0 Å². The van der Waals surface area contributed by atoms with Crippen LogP contribution < -0.4 is 5.73 Å². The minimum Gasteiger partial charge on any atom is -0.368 e. The summed E-state index contributed by atoms with van der Waals surface area (Å²) in [5.41, 5.74) is 6.64. The number of anilines is 1. The molecule has 1 aliphatic heterocycles. The van der Waals surface area contributed by atoms with Crippen LogP contribution in [0.25, 0.3) is 22.3 Å². The molecule has 7 heteroatoms. The smallest absolute Gasteiger partial charge is 0.220 e. The molecular formula is C16H15F2N5. The van der Waals surface area contributed by atoms with Gasteiger partial charge in [-0.05, 0) is 32.4 Å². The zero-order valence-electron chi connectivity index (χ0n) is 12.8. The van der Waals surface area contributed by atoms with Crippen molar-refractivity contribution in [1.29, 1.82) is 0 Å². The second-order valence-electron chi connectivity index (χ2n) is 6.43. The molecule has 1 aliphatic rings. The van der Waals surface area contributed by atoms with Gasteiger partial charge in [0.05, 0.1) is 11.7 Å². The molecule has 0 aliphatic carbocycles. The monoisotopic (exact) mass is 315 g/mol. The summed E-state index contributed by atoms with van der Waals surface area (Å²) in [5, 5.41) is 0. The highest BCUT2D eigenvalue weighted by atomic mass is 19.1. The van der Waals surface area contributed by atoms with Crippen molar-refractivity contribution in [2.45, 2.75) is 32.2 Å². The summed E-state index contributed by atoms with van der Waals surface area (Å²) in [6.45, 7) is 4.16. The van der Waals surface area contributed by atoms with E-state index in [-0.39, 0.29) is 17.2 Å². The van der Waals surface area contributed by atoms with Gasteiger partial charge in [0.2, 0.25) is 5.95 Å². The Kier molecular flexibility index (Phi) is 2.73. The first-order valence-corrected chi connectivity index (χ1v) is 7.36.